The van der Waals surface area contributed by atoms with Crippen LogP contribution in [0.1, 0.15) is 49.2 Å². The molecular formula is C21H27N7O. The summed E-state index contributed by atoms with van der Waals surface area (Å²) < 4.78 is 1.86. The lowest BCUT2D eigenvalue weighted by Crippen LogP contribution is -2.21. The number of rotatable bonds is 7. The number of benzene rings is 1. The van der Waals surface area contributed by atoms with E-state index < -0.39 is 5.91 Å². The smallest absolute Gasteiger partial charge is 0.254 e. The van der Waals surface area contributed by atoms with Gasteiger partial charge in [0, 0.05) is 18.9 Å². The van der Waals surface area contributed by atoms with Gasteiger partial charge in [-0.15, -0.1) is 0 Å². The summed E-state index contributed by atoms with van der Waals surface area (Å²) in [5.41, 5.74) is 8.76. The monoisotopic (exact) mass is 393 g/mol. The van der Waals surface area contributed by atoms with Gasteiger partial charge in [-0.25, -0.2) is 4.98 Å². The molecule has 0 radical (unpaired) electrons. The normalized spacial score (nSPS) is 11.3. The van der Waals surface area contributed by atoms with E-state index in [0.717, 1.165) is 17.7 Å². The minimum absolute atomic E-state index is 0.129. The molecule has 1 amide bonds. The molecule has 3 rings (SSSR count). The number of aryl methyl sites for hydroxylation is 1. The van der Waals surface area contributed by atoms with E-state index in [9.17, 15) is 4.79 Å². The van der Waals surface area contributed by atoms with E-state index in [2.05, 4.69) is 65.5 Å². The number of nitrogens with two attached hydrogens (primary N) is 1. The van der Waals surface area contributed by atoms with Crippen molar-refractivity contribution in [3.8, 4) is 0 Å². The first-order chi connectivity index (χ1) is 13.8. The number of hydrogen-bond donors (Lipinski definition) is 3. The van der Waals surface area contributed by atoms with Crippen molar-refractivity contribution >= 4 is 23.4 Å². The molecule has 0 unspecified atom stereocenters. The number of hydrogen-bond acceptors (Lipinski definition) is 6. The number of carbonyl (C=O) groups is 1. The summed E-state index contributed by atoms with van der Waals surface area (Å²) in [7, 11) is 0. The number of primary amides is 1. The number of aromatic nitrogens is 4. The minimum atomic E-state index is -0.580. The molecule has 1 aromatic carbocycles. The summed E-state index contributed by atoms with van der Waals surface area (Å²) in [5.74, 6) is 0.169. The fourth-order valence-electron chi connectivity index (χ4n) is 2.89. The molecule has 8 nitrogen and oxygen atoms in total. The first-order valence-electron chi connectivity index (χ1n) is 9.57. The van der Waals surface area contributed by atoms with Crippen LogP contribution in [0.3, 0.4) is 0 Å². The summed E-state index contributed by atoms with van der Waals surface area (Å²) in [5, 5.41) is 10.7. The lowest BCUT2D eigenvalue weighted by molar-refractivity contribution is 0.100. The Kier molecular flexibility index (Phi) is 5.81. The highest BCUT2D eigenvalue weighted by Crippen LogP contribution is 2.21. The molecule has 2 aromatic heterocycles. The van der Waals surface area contributed by atoms with Crippen LogP contribution in [0.2, 0.25) is 0 Å². The van der Waals surface area contributed by atoms with Gasteiger partial charge in [-0.3, -0.25) is 9.48 Å². The summed E-state index contributed by atoms with van der Waals surface area (Å²) in [6, 6.07) is 8.15. The number of nitrogens with zero attached hydrogens (tertiary/aromatic N) is 4. The van der Waals surface area contributed by atoms with Gasteiger partial charge in [0.25, 0.3) is 5.91 Å². The maximum atomic E-state index is 11.8. The average molecular weight is 393 g/mol. The molecule has 8 heteroatoms. The SMILES string of the molecule is CCc1ccccc1CNc1nc(Nc2cnn(C(C)(C)C)c2)ncc1C(N)=O. The molecule has 0 aliphatic heterocycles. The number of amides is 1. The fraction of sp³-hybridized carbons (Fsp3) is 0.333. The third-order valence-corrected chi connectivity index (χ3v) is 4.53. The van der Waals surface area contributed by atoms with Crippen LogP contribution in [-0.2, 0) is 18.5 Å². The molecule has 0 fully saturated rings. The summed E-state index contributed by atoms with van der Waals surface area (Å²) in [6.07, 6.45) is 5.95. The van der Waals surface area contributed by atoms with Crippen LogP contribution in [0.15, 0.2) is 42.9 Å². The van der Waals surface area contributed by atoms with Crippen LogP contribution in [0.25, 0.3) is 0 Å². The van der Waals surface area contributed by atoms with E-state index in [1.54, 1.807) is 6.20 Å². The van der Waals surface area contributed by atoms with Gasteiger partial charge in [-0.05, 0) is 38.3 Å². The molecule has 0 spiro atoms. The molecule has 0 aliphatic carbocycles. The number of carbonyl (C=O) groups excluding carboxylic acids is 1. The van der Waals surface area contributed by atoms with E-state index in [-0.39, 0.29) is 11.1 Å². The van der Waals surface area contributed by atoms with Crippen molar-refractivity contribution in [2.24, 2.45) is 5.73 Å². The third kappa shape index (κ3) is 4.90. The van der Waals surface area contributed by atoms with Gasteiger partial charge in [-0.2, -0.15) is 10.1 Å². The van der Waals surface area contributed by atoms with Gasteiger partial charge in [-0.1, -0.05) is 31.2 Å². The van der Waals surface area contributed by atoms with Crippen molar-refractivity contribution in [3.63, 3.8) is 0 Å². The van der Waals surface area contributed by atoms with E-state index in [0.29, 0.717) is 18.3 Å². The van der Waals surface area contributed by atoms with Gasteiger partial charge in [0.1, 0.15) is 5.82 Å². The van der Waals surface area contributed by atoms with Crippen molar-refractivity contribution < 1.29 is 4.79 Å². The van der Waals surface area contributed by atoms with E-state index in [4.69, 9.17) is 5.73 Å². The predicted molar refractivity (Wildman–Crippen MR) is 114 cm³/mol. The lowest BCUT2D eigenvalue weighted by Gasteiger charge is -2.18. The molecule has 2 heterocycles. The Hall–Kier alpha value is -3.42. The van der Waals surface area contributed by atoms with Gasteiger partial charge < -0.3 is 16.4 Å². The first-order valence-corrected chi connectivity index (χ1v) is 9.57. The average Bonchev–Trinajstić information content (AvgIpc) is 3.15. The van der Waals surface area contributed by atoms with Crippen LogP contribution in [0, 0.1) is 0 Å². The molecule has 0 atom stereocenters. The standard InChI is InChI=1S/C21H27N7O/c1-5-14-8-6-7-9-15(14)10-23-19-17(18(22)29)12-24-20(27-19)26-16-11-25-28(13-16)21(2,3)4/h6-9,11-13H,5,10H2,1-4H3,(H2,22,29)(H2,23,24,26,27). The van der Waals surface area contributed by atoms with Crippen LogP contribution in [0.4, 0.5) is 17.5 Å². The molecule has 3 aromatic rings. The second-order valence-electron chi connectivity index (χ2n) is 7.77. The zero-order valence-electron chi connectivity index (χ0n) is 17.2. The Balaban J connectivity index is 1.82. The molecule has 0 saturated heterocycles. The highest BCUT2D eigenvalue weighted by atomic mass is 16.1. The highest BCUT2D eigenvalue weighted by molar-refractivity contribution is 5.97. The van der Waals surface area contributed by atoms with Crippen molar-refractivity contribution in [3.05, 3.63) is 59.5 Å². The Morgan fingerprint density at radius 3 is 2.52 bits per heavy atom. The quantitative estimate of drug-likeness (QED) is 0.567. The van der Waals surface area contributed by atoms with Crippen molar-refractivity contribution in [2.45, 2.75) is 46.2 Å². The first kappa shape index (κ1) is 20.3. The zero-order chi connectivity index (χ0) is 21.0. The molecule has 0 bridgehead atoms. The Morgan fingerprint density at radius 2 is 1.90 bits per heavy atom. The Bertz CT molecular complexity index is 1000. The maximum absolute atomic E-state index is 11.8. The second kappa shape index (κ2) is 8.30. The van der Waals surface area contributed by atoms with Crippen molar-refractivity contribution in [2.75, 3.05) is 10.6 Å². The summed E-state index contributed by atoms with van der Waals surface area (Å²) in [6.45, 7) is 8.84. The summed E-state index contributed by atoms with van der Waals surface area (Å²) >= 11 is 0. The third-order valence-electron chi connectivity index (χ3n) is 4.53. The highest BCUT2D eigenvalue weighted by Gasteiger charge is 2.16. The van der Waals surface area contributed by atoms with Gasteiger partial charge in [0.05, 0.1) is 23.0 Å². The molecule has 29 heavy (non-hydrogen) atoms. The van der Waals surface area contributed by atoms with Crippen LogP contribution in [0.5, 0.6) is 0 Å². The van der Waals surface area contributed by atoms with Gasteiger partial charge >= 0.3 is 0 Å². The topological polar surface area (TPSA) is 111 Å². The van der Waals surface area contributed by atoms with Crippen molar-refractivity contribution in [1.29, 1.82) is 0 Å². The van der Waals surface area contributed by atoms with E-state index in [1.165, 1.54) is 11.8 Å². The molecule has 0 aliphatic rings. The number of nitrogens with one attached hydrogen (secondary N) is 2. The van der Waals surface area contributed by atoms with E-state index >= 15 is 0 Å². The van der Waals surface area contributed by atoms with Gasteiger partial charge in [0.2, 0.25) is 5.95 Å². The summed E-state index contributed by atoms with van der Waals surface area (Å²) in [4.78, 5) is 20.5. The van der Waals surface area contributed by atoms with Gasteiger partial charge in [0.15, 0.2) is 0 Å². The van der Waals surface area contributed by atoms with Crippen molar-refractivity contribution in [1.82, 2.24) is 19.7 Å². The van der Waals surface area contributed by atoms with Crippen LogP contribution in [-0.4, -0.2) is 25.7 Å². The zero-order valence-corrected chi connectivity index (χ0v) is 17.2. The molecule has 4 N–H and O–H groups in total. The fourth-order valence-corrected chi connectivity index (χ4v) is 2.89. The Morgan fingerprint density at radius 1 is 1.17 bits per heavy atom. The van der Waals surface area contributed by atoms with Crippen LogP contribution < -0.4 is 16.4 Å². The Labute approximate surface area is 170 Å². The lowest BCUT2D eigenvalue weighted by atomic mass is 10.1. The van der Waals surface area contributed by atoms with E-state index in [1.807, 2.05) is 23.0 Å². The molecule has 0 saturated carbocycles. The number of anilines is 3. The molecular weight excluding hydrogens is 366 g/mol. The largest absolute Gasteiger partial charge is 0.365 e. The van der Waals surface area contributed by atoms with Crippen LogP contribution >= 0.6 is 0 Å². The second-order valence-corrected chi connectivity index (χ2v) is 7.77. The molecule has 152 valence electrons. The predicted octanol–water partition coefficient (Wildman–Crippen LogP) is 3.45. The minimum Gasteiger partial charge on any atom is -0.365 e. The maximum Gasteiger partial charge on any atom is 0.254 e.